The molecule has 0 radical (unpaired) electrons. The molecule has 0 unspecified atom stereocenters. The Morgan fingerprint density at radius 3 is 2.57 bits per heavy atom. The van der Waals surface area contributed by atoms with Gasteiger partial charge >= 0.3 is 0 Å². The van der Waals surface area contributed by atoms with E-state index in [1.54, 1.807) is 36.0 Å². The molecule has 0 heterocycles. The molecule has 0 saturated heterocycles. The quantitative estimate of drug-likeness (QED) is 0.853. The average Bonchev–Trinajstić information content (AvgIpc) is 2.50. The van der Waals surface area contributed by atoms with Crippen molar-refractivity contribution in [3.8, 4) is 6.07 Å². The Balaban J connectivity index is 2.00. The van der Waals surface area contributed by atoms with Gasteiger partial charge in [-0.3, -0.25) is 4.79 Å². The number of hydrogen-bond donors (Lipinski definition) is 1. The van der Waals surface area contributed by atoms with Crippen molar-refractivity contribution in [2.75, 3.05) is 11.1 Å². The fourth-order valence-electron chi connectivity index (χ4n) is 1.94. The van der Waals surface area contributed by atoms with Crippen molar-refractivity contribution in [2.24, 2.45) is 0 Å². The van der Waals surface area contributed by atoms with E-state index in [1.807, 2.05) is 24.3 Å². The summed E-state index contributed by atoms with van der Waals surface area (Å²) in [7, 11) is 0. The zero-order valence-electron chi connectivity index (χ0n) is 11.8. The minimum Gasteiger partial charge on any atom is -0.325 e. The molecule has 0 saturated carbocycles. The van der Waals surface area contributed by atoms with E-state index < -0.39 is 0 Å². The number of rotatable bonds is 5. The number of amides is 1. The van der Waals surface area contributed by atoms with E-state index >= 15 is 0 Å². The van der Waals surface area contributed by atoms with Gasteiger partial charge in [0, 0.05) is 4.90 Å². The molecule has 0 atom stereocenters. The third kappa shape index (κ3) is 4.37. The van der Waals surface area contributed by atoms with E-state index in [9.17, 15) is 4.79 Å². The van der Waals surface area contributed by atoms with E-state index in [1.165, 1.54) is 4.90 Å². The summed E-state index contributed by atoms with van der Waals surface area (Å²) in [6, 6.07) is 17.1. The molecular formula is C17H16N2OS. The molecule has 2 aromatic rings. The Morgan fingerprint density at radius 1 is 1.19 bits per heavy atom. The van der Waals surface area contributed by atoms with Crippen molar-refractivity contribution in [3.05, 3.63) is 59.7 Å². The lowest BCUT2D eigenvalue weighted by Gasteiger charge is -2.07. The maximum atomic E-state index is 12.0. The van der Waals surface area contributed by atoms with Crippen LogP contribution in [0.2, 0.25) is 0 Å². The van der Waals surface area contributed by atoms with Gasteiger partial charge in [0.25, 0.3) is 0 Å². The molecule has 2 rings (SSSR count). The first-order valence-corrected chi connectivity index (χ1v) is 7.72. The topological polar surface area (TPSA) is 52.9 Å². The number of thioether (sulfide) groups is 1. The minimum atomic E-state index is -0.117. The van der Waals surface area contributed by atoms with E-state index in [0.29, 0.717) is 17.7 Å². The van der Waals surface area contributed by atoms with Crippen molar-refractivity contribution in [3.63, 3.8) is 0 Å². The van der Waals surface area contributed by atoms with Gasteiger partial charge in [0.15, 0.2) is 0 Å². The molecule has 4 heteroatoms. The lowest BCUT2D eigenvalue weighted by atomic mass is 10.1. The van der Waals surface area contributed by atoms with Crippen LogP contribution in [-0.4, -0.2) is 11.7 Å². The largest absolute Gasteiger partial charge is 0.325 e. The molecule has 0 aliphatic rings. The van der Waals surface area contributed by atoms with Crippen LogP contribution in [0.4, 0.5) is 5.69 Å². The van der Waals surface area contributed by atoms with E-state index in [0.717, 1.165) is 11.3 Å². The number of nitrogens with one attached hydrogen (secondary N) is 1. The molecule has 0 bridgehead atoms. The lowest BCUT2D eigenvalue weighted by molar-refractivity contribution is -0.115. The maximum Gasteiger partial charge on any atom is 0.228 e. The smallest absolute Gasteiger partial charge is 0.228 e. The fourth-order valence-corrected chi connectivity index (χ4v) is 2.60. The number of nitrogens with zero attached hydrogens (tertiary/aromatic N) is 1. The number of carbonyl (C=O) groups excluding carboxylic acids is 1. The summed E-state index contributed by atoms with van der Waals surface area (Å²) in [5.74, 6) is 0.915. The van der Waals surface area contributed by atoms with Crippen LogP contribution >= 0.6 is 11.8 Å². The zero-order chi connectivity index (χ0) is 15.1. The Morgan fingerprint density at radius 2 is 1.90 bits per heavy atom. The zero-order valence-corrected chi connectivity index (χ0v) is 12.6. The van der Waals surface area contributed by atoms with Crippen LogP contribution in [0.5, 0.6) is 0 Å². The number of benzene rings is 2. The molecule has 21 heavy (non-hydrogen) atoms. The van der Waals surface area contributed by atoms with Crippen LogP contribution in [0.25, 0.3) is 0 Å². The molecule has 106 valence electrons. The monoisotopic (exact) mass is 296 g/mol. The molecule has 1 N–H and O–H groups in total. The molecule has 2 aromatic carbocycles. The van der Waals surface area contributed by atoms with Gasteiger partial charge in [-0.05, 0) is 35.6 Å². The Hall–Kier alpha value is -2.25. The molecule has 0 aliphatic carbocycles. The number of carbonyl (C=O) groups is 1. The number of hydrogen-bond acceptors (Lipinski definition) is 3. The summed E-state index contributed by atoms with van der Waals surface area (Å²) in [4.78, 5) is 13.2. The first-order chi connectivity index (χ1) is 10.2. The highest BCUT2D eigenvalue weighted by Gasteiger charge is 2.07. The molecule has 0 aliphatic heterocycles. The second kappa shape index (κ2) is 7.51. The highest BCUT2D eigenvalue weighted by atomic mass is 32.2. The Labute approximate surface area is 129 Å². The maximum absolute atomic E-state index is 12.0. The highest BCUT2D eigenvalue weighted by Crippen LogP contribution is 2.18. The number of nitriles is 1. The van der Waals surface area contributed by atoms with Crippen LogP contribution in [0.1, 0.15) is 18.1 Å². The normalized spacial score (nSPS) is 9.90. The Kier molecular flexibility index (Phi) is 5.42. The molecule has 3 nitrogen and oxygen atoms in total. The van der Waals surface area contributed by atoms with Gasteiger partial charge in [0.1, 0.15) is 6.07 Å². The third-order valence-corrected chi connectivity index (χ3v) is 3.81. The summed E-state index contributed by atoms with van der Waals surface area (Å²) in [6.07, 6.45) is 0.302. The SMILES string of the molecule is CCSc1ccc(CC(=O)Nc2ccccc2C#N)cc1. The van der Waals surface area contributed by atoms with Gasteiger partial charge in [-0.15, -0.1) is 11.8 Å². The van der Waals surface area contributed by atoms with Gasteiger partial charge in [0.05, 0.1) is 17.7 Å². The Bertz CT molecular complexity index is 659. The minimum absolute atomic E-state index is 0.117. The predicted octanol–water partition coefficient (Wildman–Crippen LogP) is 3.85. The first-order valence-electron chi connectivity index (χ1n) is 6.73. The van der Waals surface area contributed by atoms with Crippen molar-refractivity contribution in [1.82, 2.24) is 0 Å². The molecule has 0 spiro atoms. The summed E-state index contributed by atoms with van der Waals surface area (Å²) in [6.45, 7) is 2.11. The van der Waals surface area contributed by atoms with E-state index in [-0.39, 0.29) is 5.91 Å². The molecular weight excluding hydrogens is 280 g/mol. The van der Waals surface area contributed by atoms with Crippen LogP contribution in [-0.2, 0) is 11.2 Å². The van der Waals surface area contributed by atoms with Gasteiger partial charge in [-0.1, -0.05) is 31.2 Å². The van der Waals surface area contributed by atoms with Crippen molar-refractivity contribution >= 4 is 23.4 Å². The summed E-state index contributed by atoms with van der Waals surface area (Å²) < 4.78 is 0. The first kappa shape index (κ1) is 15.1. The van der Waals surface area contributed by atoms with Crippen LogP contribution in [0.15, 0.2) is 53.4 Å². The van der Waals surface area contributed by atoms with Gasteiger partial charge in [-0.25, -0.2) is 0 Å². The van der Waals surface area contributed by atoms with Crippen molar-refractivity contribution < 1.29 is 4.79 Å². The van der Waals surface area contributed by atoms with Crippen molar-refractivity contribution in [1.29, 1.82) is 5.26 Å². The number of anilines is 1. The van der Waals surface area contributed by atoms with Gasteiger partial charge in [-0.2, -0.15) is 5.26 Å². The van der Waals surface area contributed by atoms with Gasteiger partial charge < -0.3 is 5.32 Å². The second-order valence-electron chi connectivity index (χ2n) is 4.46. The summed E-state index contributed by atoms with van der Waals surface area (Å²) in [5, 5.41) is 11.8. The third-order valence-electron chi connectivity index (χ3n) is 2.92. The molecule has 0 aromatic heterocycles. The summed E-state index contributed by atoms with van der Waals surface area (Å²) in [5.41, 5.74) is 1.99. The summed E-state index contributed by atoms with van der Waals surface area (Å²) >= 11 is 1.77. The highest BCUT2D eigenvalue weighted by molar-refractivity contribution is 7.99. The van der Waals surface area contributed by atoms with Gasteiger partial charge in [0.2, 0.25) is 5.91 Å². The van der Waals surface area contributed by atoms with Crippen LogP contribution in [0.3, 0.4) is 0 Å². The second-order valence-corrected chi connectivity index (χ2v) is 5.80. The van der Waals surface area contributed by atoms with E-state index in [4.69, 9.17) is 5.26 Å². The molecule has 1 amide bonds. The number of para-hydroxylation sites is 1. The fraction of sp³-hybridized carbons (Fsp3) is 0.176. The standard InChI is InChI=1S/C17H16N2OS/c1-2-21-15-9-7-13(8-10-15)11-17(20)19-16-6-4-3-5-14(16)12-18/h3-10H,2,11H2,1H3,(H,19,20). The lowest BCUT2D eigenvalue weighted by Crippen LogP contribution is -2.15. The van der Waals surface area contributed by atoms with E-state index in [2.05, 4.69) is 18.3 Å². The predicted molar refractivity (Wildman–Crippen MR) is 86.3 cm³/mol. The van der Waals surface area contributed by atoms with Crippen LogP contribution < -0.4 is 5.32 Å². The molecule has 0 fully saturated rings. The van der Waals surface area contributed by atoms with Crippen molar-refractivity contribution in [2.45, 2.75) is 18.2 Å². The average molecular weight is 296 g/mol. The van der Waals surface area contributed by atoms with Crippen LogP contribution in [0, 0.1) is 11.3 Å².